The van der Waals surface area contributed by atoms with Crippen molar-refractivity contribution in [2.24, 2.45) is 5.41 Å². The second kappa shape index (κ2) is 5.16. The van der Waals surface area contributed by atoms with Gasteiger partial charge in [-0.05, 0) is 5.41 Å². The van der Waals surface area contributed by atoms with Crippen molar-refractivity contribution in [2.75, 3.05) is 20.0 Å². The van der Waals surface area contributed by atoms with Crippen molar-refractivity contribution in [1.29, 1.82) is 0 Å². The Bertz CT molecular complexity index is 313. The highest BCUT2D eigenvalue weighted by Gasteiger charge is 2.47. The Morgan fingerprint density at radius 1 is 1.24 bits per heavy atom. The monoisotopic (exact) mass is 261 g/mol. The molecule has 1 amide bonds. The van der Waals surface area contributed by atoms with Gasteiger partial charge in [0, 0.05) is 5.75 Å². The van der Waals surface area contributed by atoms with E-state index in [9.17, 15) is 9.59 Å². The van der Waals surface area contributed by atoms with Crippen molar-refractivity contribution >= 4 is 23.8 Å². The van der Waals surface area contributed by atoms with E-state index in [1.807, 2.05) is 20.8 Å². The summed E-state index contributed by atoms with van der Waals surface area (Å²) in [5.41, 5.74) is -0.123. The SMILES string of the molecule is COC(=O)C1CSC(C(C)(C)C)N1C(=O)OC. The van der Waals surface area contributed by atoms with Crippen molar-refractivity contribution < 1.29 is 19.1 Å². The minimum atomic E-state index is -0.554. The summed E-state index contributed by atoms with van der Waals surface area (Å²) in [5, 5.41) is -0.0842. The molecule has 0 saturated carbocycles. The van der Waals surface area contributed by atoms with Crippen LogP contribution in [0.3, 0.4) is 0 Å². The molecule has 1 saturated heterocycles. The molecule has 5 nitrogen and oxygen atoms in total. The fourth-order valence-corrected chi connectivity index (χ4v) is 3.37. The van der Waals surface area contributed by atoms with E-state index in [2.05, 4.69) is 0 Å². The zero-order chi connectivity index (χ0) is 13.2. The largest absolute Gasteiger partial charge is 0.467 e. The molecule has 1 aliphatic heterocycles. The van der Waals surface area contributed by atoms with Gasteiger partial charge >= 0.3 is 12.1 Å². The predicted octanol–water partition coefficient (Wildman–Crippen LogP) is 1.72. The Morgan fingerprint density at radius 3 is 2.24 bits per heavy atom. The lowest BCUT2D eigenvalue weighted by atomic mass is 9.95. The summed E-state index contributed by atoms with van der Waals surface area (Å²) in [6.07, 6.45) is -0.481. The van der Waals surface area contributed by atoms with Crippen molar-refractivity contribution in [3.63, 3.8) is 0 Å². The third kappa shape index (κ3) is 2.86. The summed E-state index contributed by atoms with van der Waals surface area (Å²) >= 11 is 1.58. The summed E-state index contributed by atoms with van der Waals surface area (Å²) in [7, 11) is 2.65. The van der Waals surface area contributed by atoms with Crippen LogP contribution in [0, 0.1) is 5.41 Å². The molecule has 0 aromatic heterocycles. The van der Waals surface area contributed by atoms with Crippen molar-refractivity contribution in [3.05, 3.63) is 0 Å². The summed E-state index contributed by atoms with van der Waals surface area (Å²) in [6.45, 7) is 6.08. The lowest BCUT2D eigenvalue weighted by molar-refractivity contribution is -0.145. The molecule has 98 valence electrons. The quantitative estimate of drug-likeness (QED) is 0.673. The van der Waals surface area contributed by atoms with E-state index in [1.54, 1.807) is 11.8 Å². The molecule has 0 N–H and O–H groups in total. The second-order valence-electron chi connectivity index (χ2n) is 4.97. The molecule has 1 fully saturated rings. The summed E-state index contributed by atoms with van der Waals surface area (Å²) in [6, 6.07) is -0.554. The fourth-order valence-electron chi connectivity index (χ4n) is 1.82. The molecule has 17 heavy (non-hydrogen) atoms. The molecule has 0 spiro atoms. The van der Waals surface area contributed by atoms with Crippen LogP contribution in [0.1, 0.15) is 20.8 Å². The molecular weight excluding hydrogens is 242 g/mol. The van der Waals surface area contributed by atoms with E-state index in [0.29, 0.717) is 5.75 Å². The van der Waals surface area contributed by atoms with Crippen LogP contribution in [-0.4, -0.2) is 48.4 Å². The van der Waals surface area contributed by atoms with E-state index in [1.165, 1.54) is 19.1 Å². The molecule has 1 aliphatic rings. The van der Waals surface area contributed by atoms with Crippen LogP contribution in [-0.2, 0) is 14.3 Å². The van der Waals surface area contributed by atoms with Gasteiger partial charge in [-0.25, -0.2) is 9.59 Å². The Morgan fingerprint density at radius 2 is 1.82 bits per heavy atom. The summed E-state index contributed by atoms with van der Waals surface area (Å²) in [5.74, 6) is 0.152. The third-order valence-corrected chi connectivity index (χ3v) is 4.36. The average molecular weight is 261 g/mol. The topological polar surface area (TPSA) is 55.8 Å². The van der Waals surface area contributed by atoms with Gasteiger partial charge in [0.05, 0.1) is 19.6 Å². The van der Waals surface area contributed by atoms with Gasteiger partial charge < -0.3 is 9.47 Å². The molecule has 0 aromatic carbocycles. The van der Waals surface area contributed by atoms with Gasteiger partial charge in [0.25, 0.3) is 0 Å². The Kier molecular flexibility index (Phi) is 4.30. The number of esters is 1. The van der Waals surface area contributed by atoms with Gasteiger partial charge in [0.1, 0.15) is 6.04 Å². The molecule has 1 heterocycles. The van der Waals surface area contributed by atoms with E-state index >= 15 is 0 Å². The van der Waals surface area contributed by atoms with Crippen molar-refractivity contribution in [2.45, 2.75) is 32.2 Å². The highest BCUT2D eigenvalue weighted by Crippen LogP contribution is 2.40. The van der Waals surface area contributed by atoms with Crippen molar-refractivity contribution in [3.8, 4) is 0 Å². The molecule has 2 atom stereocenters. The highest BCUT2D eigenvalue weighted by atomic mass is 32.2. The zero-order valence-corrected chi connectivity index (χ0v) is 11.7. The second-order valence-corrected chi connectivity index (χ2v) is 6.08. The summed E-state index contributed by atoms with van der Waals surface area (Å²) < 4.78 is 9.47. The van der Waals surface area contributed by atoms with Gasteiger partial charge in [0.15, 0.2) is 0 Å². The smallest absolute Gasteiger partial charge is 0.411 e. The lowest BCUT2D eigenvalue weighted by Crippen LogP contribution is -2.49. The number of methoxy groups -OCH3 is 2. The maximum atomic E-state index is 11.8. The van der Waals surface area contributed by atoms with Crippen LogP contribution < -0.4 is 0 Å². The van der Waals surface area contributed by atoms with Gasteiger partial charge in [-0.3, -0.25) is 4.90 Å². The minimum Gasteiger partial charge on any atom is -0.467 e. The number of ether oxygens (including phenoxy) is 2. The zero-order valence-electron chi connectivity index (χ0n) is 10.9. The van der Waals surface area contributed by atoms with E-state index in [-0.39, 0.29) is 10.8 Å². The van der Waals surface area contributed by atoms with Crippen LogP contribution in [0.15, 0.2) is 0 Å². The molecule has 2 unspecified atom stereocenters. The Hall–Kier alpha value is -0.910. The number of hydrogen-bond acceptors (Lipinski definition) is 5. The summed E-state index contributed by atoms with van der Waals surface area (Å²) in [4.78, 5) is 24.9. The minimum absolute atomic E-state index is 0.0842. The van der Waals surface area contributed by atoms with Gasteiger partial charge in [0.2, 0.25) is 0 Å². The first-order valence-corrected chi connectivity index (χ1v) is 6.43. The van der Waals surface area contributed by atoms with Crippen LogP contribution in [0.25, 0.3) is 0 Å². The number of amides is 1. The van der Waals surface area contributed by atoms with Gasteiger partial charge in [-0.2, -0.15) is 0 Å². The van der Waals surface area contributed by atoms with E-state index in [0.717, 1.165) is 0 Å². The van der Waals surface area contributed by atoms with Crippen LogP contribution in [0.4, 0.5) is 4.79 Å². The standard InChI is InChI=1S/C11H19NO4S/c1-11(2,3)9-12(10(14)16-5)7(6-17-9)8(13)15-4/h7,9H,6H2,1-5H3. The number of hydrogen-bond donors (Lipinski definition) is 0. The first-order chi connectivity index (χ1) is 7.82. The van der Waals surface area contributed by atoms with E-state index in [4.69, 9.17) is 9.47 Å². The molecule has 1 rings (SSSR count). The first-order valence-electron chi connectivity index (χ1n) is 5.38. The maximum absolute atomic E-state index is 11.8. The first kappa shape index (κ1) is 14.2. The van der Waals surface area contributed by atoms with Crippen LogP contribution in [0.2, 0.25) is 0 Å². The number of nitrogens with zero attached hydrogens (tertiary/aromatic N) is 1. The van der Waals surface area contributed by atoms with Gasteiger partial charge in [-0.15, -0.1) is 11.8 Å². The normalized spacial score (nSPS) is 24.6. The number of thioether (sulfide) groups is 1. The number of carbonyl (C=O) groups is 2. The van der Waals surface area contributed by atoms with Crippen molar-refractivity contribution in [1.82, 2.24) is 4.90 Å². The highest BCUT2D eigenvalue weighted by molar-refractivity contribution is 8.00. The number of carbonyl (C=O) groups excluding carboxylic acids is 2. The molecule has 0 radical (unpaired) electrons. The third-order valence-electron chi connectivity index (χ3n) is 2.60. The molecular formula is C11H19NO4S. The van der Waals surface area contributed by atoms with Crippen LogP contribution >= 0.6 is 11.8 Å². The van der Waals surface area contributed by atoms with Crippen LogP contribution in [0.5, 0.6) is 0 Å². The molecule has 0 bridgehead atoms. The van der Waals surface area contributed by atoms with Gasteiger partial charge in [-0.1, -0.05) is 20.8 Å². The number of rotatable bonds is 1. The molecule has 0 aliphatic carbocycles. The maximum Gasteiger partial charge on any atom is 0.411 e. The average Bonchev–Trinajstić information content (AvgIpc) is 2.70. The Balaban J connectivity index is 2.97. The molecule has 0 aromatic rings. The fraction of sp³-hybridized carbons (Fsp3) is 0.818. The lowest BCUT2D eigenvalue weighted by Gasteiger charge is -2.34. The predicted molar refractivity (Wildman–Crippen MR) is 65.7 cm³/mol. The van der Waals surface area contributed by atoms with E-state index < -0.39 is 18.1 Å². The Labute approximate surface area is 106 Å². The molecule has 6 heteroatoms.